The van der Waals surface area contributed by atoms with Crippen LogP contribution in [0, 0.1) is 18.7 Å². The number of rotatable bonds is 7. The number of aryl methyl sites for hydroxylation is 2. The van der Waals surface area contributed by atoms with Crippen molar-refractivity contribution in [2.45, 2.75) is 72.8 Å². The predicted molar refractivity (Wildman–Crippen MR) is 144 cm³/mol. The van der Waals surface area contributed by atoms with E-state index in [0.29, 0.717) is 24.4 Å². The number of carbonyl (C=O) groups excluding carboxylic acids is 1. The Kier molecular flexibility index (Phi) is 6.88. The standard InChI is InChI=1S/C29H37FN6O/c1-7-9-22-24(27(37)16(3)8-2)19-11-10-18-14-31-28(25(30)23(18)26(19)36(22)6)34-29-32-17(4)20-15-35(5)13-12-21(20)33-29/h14,16H,7-13,15H2,1-6H3,(H,31,32,33,34). The van der Waals surface area contributed by atoms with E-state index in [0.717, 1.165) is 83.8 Å². The summed E-state index contributed by atoms with van der Waals surface area (Å²) in [7, 11) is 4.05. The Morgan fingerprint density at radius 3 is 2.68 bits per heavy atom. The molecule has 0 aromatic carbocycles. The number of hydrogen-bond acceptors (Lipinski definition) is 6. The number of ketones is 1. The maximum absolute atomic E-state index is 16.3. The molecule has 4 heterocycles. The van der Waals surface area contributed by atoms with Crippen LogP contribution in [0.4, 0.5) is 16.2 Å². The van der Waals surface area contributed by atoms with Crippen LogP contribution in [0.15, 0.2) is 6.20 Å². The number of likely N-dealkylation sites (N-methyl/N-ethyl adjacent to an activating group) is 1. The third-order valence-corrected chi connectivity index (χ3v) is 8.08. The molecule has 7 nitrogen and oxygen atoms in total. The van der Waals surface area contributed by atoms with E-state index in [9.17, 15) is 4.79 Å². The van der Waals surface area contributed by atoms with E-state index in [1.807, 2.05) is 27.8 Å². The first kappa shape index (κ1) is 25.5. The second kappa shape index (κ2) is 9.97. The first-order chi connectivity index (χ1) is 17.7. The zero-order chi connectivity index (χ0) is 26.4. The van der Waals surface area contributed by atoms with Gasteiger partial charge in [-0.3, -0.25) is 4.79 Å². The fourth-order valence-electron chi connectivity index (χ4n) is 5.80. The van der Waals surface area contributed by atoms with E-state index >= 15 is 4.39 Å². The molecule has 8 heteroatoms. The van der Waals surface area contributed by atoms with E-state index < -0.39 is 5.82 Å². The normalized spacial score (nSPS) is 15.6. The lowest BCUT2D eigenvalue weighted by molar-refractivity contribution is 0.0925. The van der Waals surface area contributed by atoms with Crippen LogP contribution in [-0.4, -0.2) is 43.8 Å². The van der Waals surface area contributed by atoms with Crippen LogP contribution in [-0.2, 0) is 39.3 Å². The number of aromatic nitrogens is 4. The Morgan fingerprint density at radius 1 is 1.16 bits per heavy atom. The van der Waals surface area contributed by atoms with Gasteiger partial charge < -0.3 is 14.8 Å². The third-order valence-electron chi connectivity index (χ3n) is 8.08. The SMILES string of the molecule is CCCc1c(C(=O)C(C)CC)c2c(n1C)-c1c(cnc(Nc3nc(C)c4c(n3)CCN(C)C4)c1F)CC2. The molecule has 0 spiro atoms. The van der Waals surface area contributed by atoms with Crippen molar-refractivity contribution < 1.29 is 9.18 Å². The Morgan fingerprint density at radius 2 is 1.95 bits per heavy atom. The van der Waals surface area contributed by atoms with Gasteiger partial charge in [0, 0.05) is 66.8 Å². The number of hydrogen-bond donors (Lipinski definition) is 1. The molecule has 0 bridgehead atoms. The topological polar surface area (TPSA) is 75.9 Å². The molecule has 3 aromatic heterocycles. The van der Waals surface area contributed by atoms with Crippen molar-refractivity contribution in [1.82, 2.24) is 24.4 Å². The minimum atomic E-state index is -0.414. The molecule has 0 fully saturated rings. The Labute approximate surface area is 218 Å². The molecule has 37 heavy (non-hydrogen) atoms. The van der Waals surface area contributed by atoms with Gasteiger partial charge >= 0.3 is 0 Å². The molecule has 1 aliphatic heterocycles. The zero-order valence-corrected chi connectivity index (χ0v) is 22.8. The van der Waals surface area contributed by atoms with Crippen LogP contribution < -0.4 is 5.32 Å². The van der Waals surface area contributed by atoms with Crippen LogP contribution in [0.5, 0.6) is 0 Å². The first-order valence-corrected chi connectivity index (χ1v) is 13.5. The smallest absolute Gasteiger partial charge is 0.228 e. The number of carbonyl (C=O) groups is 1. The van der Waals surface area contributed by atoms with Crippen LogP contribution in [0.1, 0.15) is 77.7 Å². The molecule has 1 atom stereocenters. The van der Waals surface area contributed by atoms with Crippen molar-refractivity contribution >= 4 is 17.5 Å². The number of nitrogens with zero attached hydrogens (tertiary/aromatic N) is 5. The van der Waals surface area contributed by atoms with Crippen LogP contribution in [0.2, 0.25) is 0 Å². The number of pyridine rings is 1. The summed E-state index contributed by atoms with van der Waals surface area (Å²) < 4.78 is 18.3. The maximum Gasteiger partial charge on any atom is 0.228 e. The summed E-state index contributed by atoms with van der Waals surface area (Å²) in [5, 5.41) is 3.07. The molecule has 1 unspecified atom stereocenters. The van der Waals surface area contributed by atoms with E-state index in [1.54, 1.807) is 6.20 Å². The summed E-state index contributed by atoms with van der Waals surface area (Å²) >= 11 is 0. The van der Waals surface area contributed by atoms with Crippen molar-refractivity contribution in [2.24, 2.45) is 13.0 Å². The van der Waals surface area contributed by atoms with Gasteiger partial charge in [-0.15, -0.1) is 0 Å². The van der Waals surface area contributed by atoms with Crippen molar-refractivity contribution in [3.63, 3.8) is 0 Å². The van der Waals surface area contributed by atoms with Crippen molar-refractivity contribution in [3.05, 3.63) is 51.3 Å². The Balaban J connectivity index is 1.59. The van der Waals surface area contributed by atoms with Gasteiger partial charge in [-0.2, -0.15) is 0 Å². The first-order valence-electron chi connectivity index (χ1n) is 13.5. The van der Waals surface area contributed by atoms with Crippen molar-refractivity contribution in [2.75, 3.05) is 18.9 Å². The number of anilines is 2. The Hall–Kier alpha value is -3.13. The molecular formula is C29H37FN6O. The number of Topliss-reactive ketones (excluding diaryl/α,β-unsaturated/α-hetero) is 1. The lowest BCUT2D eigenvalue weighted by atomic mass is 9.85. The molecule has 0 saturated carbocycles. The summed E-state index contributed by atoms with van der Waals surface area (Å²) in [5.74, 6) is 0.180. The largest absolute Gasteiger partial charge is 0.347 e. The number of halogens is 1. The molecular weight excluding hydrogens is 467 g/mol. The molecule has 1 aliphatic carbocycles. The van der Waals surface area contributed by atoms with Gasteiger partial charge in [0.2, 0.25) is 5.95 Å². The van der Waals surface area contributed by atoms with Gasteiger partial charge in [0.25, 0.3) is 0 Å². The maximum atomic E-state index is 16.3. The second-order valence-corrected chi connectivity index (χ2v) is 10.6. The lowest BCUT2D eigenvalue weighted by Gasteiger charge is -2.25. The number of fused-ring (bicyclic) bond motifs is 4. The van der Waals surface area contributed by atoms with Gasteiger partial charge in [0.15, 0.2) is 17.4 Å². The highest BCUT2D eigenvalue weighted by Crippen LogP contribution is 2.42. The number of nitrogens with one attached hydrogen (secondary N) is 1. The molecule has 0 amide bonds. The summed E-state index contributed by atoms with van der Waals surface area (Å²) in [5.41, 5.74) is 8.07. The molecule has 0 radical (unpaired) electrons. The summed E-state index contributed by atoms with van der Waals surface area (Å²) in [6.07, 6.45) is 6.45. The highest BCUT2D eigenvalue weighted by atomic mass is 19.1. The van der Waals surface area contributed by atoms with Gasteiger partial charge in [-0.25, -0.2) is 19.3 Å². The summed E-state index contributed by atoms with van der Waals surface area (Å²) in [6.45, 7) is 9.87. The van der Waals surface area contributed by atoms with Gasteiger partial charge in [-0.1, -0.05) is 27.2 Å². The van der Waals surface area contributed by atoms with Gasteiger partial charge in [0.1, 0.15) is 0 Å². The second-order valence-electron chi connectivity index (χ2n) is 10.6. The van der Waals surface area contributed by atoms with E-state index in [4.69, 9.17) is 4.98 Å². The van der Waals surface area contributed by atoms with E-state index in [1.165, 1.54) is 0 Å². The lowest BCUT2D eigenvalue weighted by Crippen LogP contribution is -2.28. The molecule has 3 aromatic rings. The average molecular weight is 505 g/mol. The van der Waals surface area contributed by atoms with Gasteiger partial charge in [0.05, 0.1) is 11.4 Å². The van der Waals surface area contributed by atoms with E-state index in [-0.39, 0.29) is 17.5 Å². The van der Waals surface area contributed by atoms with Gasteiger partial charge in [-0.05, 0) is 50.8 Å². The van der Waals surface area contributed by atoms with Crippen molar-refractivity contribution in [1.29, 1.82) is 0 Å². The fourth-order valence-corrected chi connectivity index (χ4v) is 5.80. The highest BCUT2D eigenvalue weighted by molar-refractivity contribution is 6.02. The minimum Gasteiger partial charge on any atom is -0.347 e. The van der Waals surface area contributed by atoms with E-state index in [2.05, 4.69) is 38.7 Å². The molecule has 5 rings (SSSR count). The fraction of sp³-hybridized carbons (Fsp3) is 0.517. The summed E-state index contributed by atoms with van der Waals surface area (Å²) in [6, 6.07) is 0. The quantitative estimate of drug-likeness (QED) is 0.438. The molecule has 0 saturated heterocycles. The van der Waals surface area contributed by atoms with Crippen LogP contribution in [0.25, 0.3) is 11.3 Å². The Bertz CT molecular complexity index is 1380. The monoisotopic (exact) mass is 504 g/mol. The third kappa shape index (κ3) is 4.35. The highest BCUT2D eigenvalue weighted by Gasteiger charge is 2.33. The average Bonchev–Trinajstić information content (AvgIpc) is 3.16. The minimum absolute atomic E-state index is 0.0628. The molecule has 196 valence electrons. The van der Waals surface area contributed by atoms with Crippen molar-refractivity contribution in [3.8, 4) is 11.3 Å². The predicted octanol–water partition coefficient (Wildman–Crippen LogP) is 5.34. The van der Waals surface area contributed by atoms with Crippen LogP contribution in [0.3, 0.4) is 0 Å². The molecule has 1 N–H and O–H groups in total. The molecule has 2 aliphatic rings. The van der Waals surface area contributed by atoms with Crippen LogP contribution >= 0.6 is 0 Å². The summed E-state index contributed by atoms with van der Waals surface area (Å²) in [4.78, 5) is 29.5. The zero-order valence-electron chi connectivity index (χ0n) is 22.8.